The summed E-state index contributed by atoms with van der Waals surface area (Å²) < 4.78 is 25.2. The van der Waals surface area contributed by atoms with Crippen LogP contribution in [0.5, 0.6) is 0 Å². The molecule has 2 saturated carbocycles. The molecule has 14 heterocycles. The second-order valence-corrected chi connectivity index (χ2v) is 46.5. The van der Waals surface area contributed by atoms with E-state index in [4.69, 9.17) is 19.9 Å². The highest BCUT2D eigenvalue weighted by Gasteiger charge is 2.46. The van der Waals surface area contributed by atoms with E-state index < -0.39 is 34.0 Å². The number of pyridine rings is 4. The van der Waals surface area contributed by atoms with Gasteiger partial charge in [0.15, 0.2) is 0 Å². The number of carbonyl (C=O) groups excluding carboxylic acids is 8. The number of rotatable bonds is 28. The van der Waals surface area contributed by atoms with Crippen LogP contribution in [0, 0.1) is 41.4 Å². The van der Waals surface area contributed by atoms with E-state index in [0.29, 0.717) is 57.4 Å². The number of amides is 8. The van der Waals surface area contributed by atoms with Gasteiger partial charge in [-0.2, -0.15) is 0 Å². The molecule has 5 saturated heterocycles. The minimum absolute atomic E-state index is 0.00395. The molecule has 33 heteroatoms. The Morgan fingerprint density at radius 1 is 0.342 bits per heavy atom. The Kier molecular flexibility index (Phi) is 35.4. The summed E-state index contributed by atoms with van der Waals surface area (Å²) in [7, 11) is -3.09. The van der Waals surface area contributed by atoms with E-state index in [2.05, 4.69) is 75.4 Å². The molecule has 146 heavy (non-hydrogen) atoms. The fourth-order valence-electron chi connectivity index (χ4n) is 21.2. The lowest BCUT2D eigenvalue weighted by atomic mass is 9.83. The quantitative estimate of drug-likeness (QED) is 0.0354. The van der Waals surface area contributed by atoms with Crippen molar-refractivity contribution in [1.82, 2.24) is 90.7 Å². The Morgan fingerprint density at radius 2 is 0.705 bits per heavy atom. The standard InChI is InChI=1S/2C29H36N4O2S.C28H34N4O4S2.C27H28N6O2S/c1-3-19(2)26(34)31-24(21-13-8-5-9-14-21)29(35)33-18-10-15-23(33)27-32-25-22(16-17-30-28(25)36-27)20-11-6-4-7-12-20;1-3-19(2)27(34)31-25(21-13-8-5-9-14-21)29(35)33-16-10-15-23(33)28-32-26-22(17-30-18-24(26)36-28)20-11-6-4-7-12-20;1-3-18(2)25(33)30-23(20-12-16-38(35,36)17-13-20)28(34)32-15-7-10-22(32)26-31-24-21(11-14-29-27(24)37-26)19-8-5-4-6-9-19;1-3-17(2)24(34)31-22(19-11-7-13-28-15-19)27(35)33-14-8-12-20(33)25-32-23-21(18-9-5-4-6-10-18)29-16-30-26(23)36-25/h4,6-7,11-12,16-17,19,21,23-24H,3,5,8-10,13-15,18H2,1-2H3,(H,31,34);4,6-7,11-12,17-19,21,23,25H,3,5,8-10,13-16H2,1-2H3,(H,31,34);4-6,8-9,11,14,18,20,22-23H,3,7,10,12-13,15-17H2,1-2H3,(H,30,33);4-7,9-11,13,15-17,20,22H,3,8,12,14H2,1-2H3,(H,31,34)/t19-,23+,24+;19-,23+,25+;18-,22+,23+;17-,20?,22+/m1111/s1. The number of benzene rings is 4. The first-order chi connectivity index (χ1) is 71.0. The molecule has 20 rings (SSSR count). The first-order valence-electron chi connectivity index (χ1n) is 52.6. The number of sulfone groups is 1. The zero-order valence-corrected chi connectivity index (χ0v) is 88.7. The van der Waals surface area contributed by atoms with Crippen molar-refractivity contribution in [3.05, 3.63) is 215 Å². The summed E-state index contributed by atoms with van der Waals surface area (Å²) in [6, 6.07) is 45.2. The molecule has 9 aromatic heterocycles. The van der Waals surface area contributed by atoms with E-state index in [-0.39, 0.29) is 124 Å². The van der Waals surface area contributed by atoms with Gasteiger partial charge in [0.2, 0.25) is 47.3 Å². The average Bonchev–Trinajstić information content (AvgIpc) is 1.63. The molecule has 766 valence electrons. The van der Waals surface area contributed by atoms with Crippen LogP contribution in [-0.2, 0) is 48.2 Å². The van der Waals surface area contributed by atoms with Crippen molar-refractivity contribution in [3.63, 3.8) is 0 Å². The smallest absolute Gasteiger partial charge is 0.250 e. The van der Waals surface area contributed by atoms with Gasteiger partial charge in [-0.15, -0.1) is 11.3 Å². The van der Waals surface area contributed by atoms with Gasteiger partial charge in [0.1, 0.15) is 97.1 Å². The largest absolute Gasteiger partial charge is 0.344 e. The molecule has 5 aliphatic heterocycles. The molecule has 4 N–H and O–H groups in total. The molecule has 0 bridgehead atoms. The van der Waals surface area contributed by atoms with Crippen molar-refractivity contribution in [2.24, 2.45) is 41.4 Å². The molecular formula is C113H134N18O10S5. The Morgan fingerprint density at radius 3 is 1.11 bits per heavy atom. The van der Waals surface area contributed by atoms with Crippen LogP contribution in [0.3, 0.4) is 0 Å². The van der Waals surface area contributed by atoms with Gasteiger partial charge >= 0.3 is 0 Å². The van der Waals surface area contributed by atoms with Crippen LogP contribution in [-0.4, -0.2) is 181 Å². The second kappa shape index (κ2) is 49.1. The third-order valence-electron chi connectivity index (χ3n) is 30.5. The zero-order valence-electron chi connectivity index (χ0n) is 84.7. The van der Waals surface area contributed by atoms with Crippen LogP contribution in [0.15, 0.2) is 189 Å². The van der Waals surface area contributed by atoms with Crippen LogP contribution in [0.2, 0.25) is 0 Å². The highest BCUT2D eigenvalue weighted by Crippen LogP contribution is 2.47. The van der Waals surface area contributed by atoms with E-state index in [9.17, 15) is 46.8 Å². The Hall–Kier alpha value is -12.2. The van der Waals surface area contributed by atoms with Gasteiger partial charge in [-0.25, -0.2) is 48.3 Å². The molecular weight excluding hydrogens is 1930 g/mol. The van der Waals surface area contributed by atoms with Gasteiger partial charge in [0, 0.05) is 115 Å². The highest BCUT2D eigenvalue weighted by atomic mass is 32.2. The lowest BCUT2D eigenvalue weighted by Gasteiger charge is -2.35. The molecule has 12 atom stereocenters. The van der Waals surface area contributed by atoms with Crippen LogP contribution >= 0.6 is 45.3 Å². The molecule has 2 aliphatic carbocycles. The number of carbonyl (C=O) groups is 8. The summed E-state index contributed by atoms with van der Waals surface area (Å²) >= 11 is 6.24. The fourth-order valence-corrected chi connectivity index (χ4v) is 27.0. The van der Waals surface area contributed by atoms with Gasteiger partial charge in [-0.3, -0.25) is 48.3 Å². The lowest BCUT2D eigenvalue weighted by molar-refractivity contribution is -0.140. The maximum atomic E-state index is 14.1. The summed E-state index contributed by atoms with van der Waals surface area (Å²) in [6.45, 7) is 18.1. The fraction of sp³-hybridized carbons (Fsp3) is 0.469. The van der Waals surface area contributed by atoms with E-state index >= 15 is 0 Å². The minimum atomic E-state index is -3.09. The zero-order chi connectivity index (χ0) is 102. The van der Waals surface area contributed by atoms with Crippen LogP contribution in [0.4, 0.5) is 0 Å². The Labute approximate surface area is 871 Å². The van der Waals surface area contributed by atoms with Gasteiger partial charge in [0.05, 0.1) is 45.9 Å². The molecule has 13 aromatic rings. The maximum Gasteiger partial charge on any atom is 0.250 e. The lowest BCUT2D eigenvalue weighted by Crippen LogP contribution is -2.54. The van der Waals surface area contributed by atoms with Crippen molar-refractivity contribution in [1.29, 1.82) is 0 Å². The van der Waals surface area contributed by atoms with Crippen molar-refractivity contribution in [2.45, 2.75) is 258 Å². The number of nitrogens with one attached hydrogen (secondary N) is 4. The monoisotopic (exact) mass is 2060 g/mol. The third-order valence-corrected chi connectivity index (χ3v) is 36.5. The number of hydrogen-bond acceptors (Lipinski definition) is 24. The van der Waals surface area contributed by atoms with Crippen LogP contribution < -0.4 is 21.3 Å². The maximum absolute atomic E-state index is 14.1. The summed E-state index contributed by atoms with van der Waals surface area (Å²) in [5, 5.41) is 16.0. The van der Waals surface area contributed by atoms with Crippen molar-refractivity contribution in [3.8, 4) is 44.6 Å². The number of thiazole rings is 4. The summed E-state index contributed by atoms with van der Waals surface area (Å²) in [4.78, 5) is 165. The first-order valence-corrected chi connectivity index (χ1v) is 57.7. The summed E-state index contributed by atoms with van der Waals surface area (Å²) in [6.07, 6.45) is 33.9. The van der Waals surface area contributed by atoms with E-state index in [1.54, 1.807) is 53.7 Å². The van der Waals surface area contributed by atoms with Gasteiger partial charge in [-0.1, -0.05) is 255 Å². The van der Waals surface area contributed by atoms with Gasteiger partial charge in [-0.05, 0) is 168 Å². The number of fused-ring (bicyclic) bond motifs is 4. The Balaban J connectivity index is 0.000000133. The molecule has 8 amide bonds. The van der Waals surface area contributed by atoms with Crippen LogP contribution in [0.25, 0.3) is 85.9 Å². The van der Waals surface area contributed by atoms with E-state index in [0.717, 1.165) is 222 Å². The molecule has 0 spiro atoms. The third kappa shape index (κ3) is 24.4. The SMILES string of the molecule is CC[C@@H](C)C(=O)N[C@H](C(=O)N1CCCC1c1nc2c(-c3ccccc3)ncnc2s1)c1cccnc1.CC[C@@H](C)C(=O)N[C@H](C(=O)N1CCC[C@H]1c1nc2c(-c3ccccc3)ccnc2s1)C1CCCCC1.CC[C@@H](C)C(=O)N[C@H](C(=O)N1CCC[C@H]1c1nc2c(-c3ccccc3)ccnc2s1)C1CCS(=O)(=O)CC1.CC[C@@H](C)C(=O)N[C@H](C(=O)N1CCC[C@H]1c1nc2c(-c3ccccc3)cncc2s1)C1CCCCC1. The second-order valence-electron chi connectivity index (χ2n) is 40.1. The van der Waals surface area contributed by atoms with E-state index in [1.807, 2.05) is 209 Å². The van der Waals surface area contributed by atoms with Crippen molar-refractivity contribution >= 4 is 144 Å². The molecule has 1 unspecified atom stereocenters. The van der Waals surface area contributed by atoms with Gasteiger partial charge < -0.3 is 40.9 Å². The molecule has 28 nitrogen and oxygen atoms in total. The normalized spacial score (nSPS) is 19.8. The molecule has 0 radical (unpaired) electrons. The number of nitrogens with zero attached hydrogens (tertiary/aromatic N) is 14. The predicted octanol–water partition coefficient (Wildman–Crippen LogP) is 21.4. The number of hydrogen-bond donors (Lipinski definition) is 4. The minimum Gasteiger partial charge on any atom is -0.344 e. The molecule has 7 fully saturated rings. The highest BCUT2D eigenvalue weighted by molar-refractivity contribution is 7.91. The topological polar surface area (TPSA) is 361 Å². The van der Waals surface area contributed by atoms with Crippen molar-refractivity contribution < 1.29 is 46.8 Å². The number of aromatic nitrogens is 10. The first kappa shape index (κ1) is 105. The van der Waals surface area contributed by atoms with E-state index in [1.165, 1.54) is 35.5 Å². The van der Waals surface area contributed by atoms with Gasteiger partial charge in [0.25, 0.3) is 0 Å². The number of likely N-dealkylation sites (tertiary alicyclic amines) is 4. The molecule has 4 aromatic carbocycles. The Bertz CT molecular complexity index is 6600. The summed E-state index contributed by atoms with van der Waals surface area (Å²) in [5.41, 5.74) is 12.2. The average molecular weight is 2060 g/mol. The summed E-state index contributed by atoms with van der Waals surface area (Å²) in [5.74, 6) is -0.728. The predicted molar refractivity (Wildman–Crippen MR) is 577 cm³/mol. The van der Waals surface area contributed by atoms with Crippen LogP contribution in [0.1, 0.15) is 265 Å². The molecule has 7 aliphatic rings. The van der Waals surface area contributed by atoms with Crippen molar-refractivity contribution in [2.75, 3.05) is 37.7 Å².